The summed E-state index contributed by atoms with van der Waals surface area (Å²) in [5, 5.41) is 8.27. The van der Waals surface area contributed by atoms with Crippen LogP contribution in [0.4, 0.5) is 5.69 Å². The fourth-order valence-corrected chi connectivity index (χ4v) is 2.29. The van der Waals surface area contributed by atoms with E-state index in [2.05, 4.69) is 5.32 Å². The summed E-state index contributed by atoms with van der Waals surface area (Å²) in [6.07, 6.45) is -0.433. The molecule has 7 heteroatoms. The third kappa shape index (κ3) is 4.17. The maximum absolute atomic E-state index is 11.3. The van der Waals surface area contributed by atoms with Gasteiger partial charge in [0, 0.05) is 19.9 Å². The quantitative estimate of drug-likeness (QED) is 0.764. The number of hydrogen-bond donors (Lipinski definition) is 2. The van der Waals surface area contributed by atoms with Crippen molar-refractivity contribution < 1.29 is 17.9 Å². The Morgan fingerprint density at radius 1 is 1.26 bits per heavy atom. The summed E-state index contributed by atoms with van der Waals surface area (Å²) in [6.45, 7) is 3.75. The van der Waals surface area contributed by atoms with Crippen molar-refractivity contribution in [3.63, 3.8) is 0 Å². The number of benzene rings is 1. The minimum atomic E-state index is -3.71. The maximum atomic E-state index is 11.3. The Morgan fingerprint density at radius 3 is 2.32 bits per heavy atom. The number of methoxy groups -OCH3 is 2. The predicted molar refractivity (Wildman–Crippen MR) is 73.4 cm³/mol. The van der Waals surface area contributed by atoms with Gasteiger partial charge in [-0.1, -0.05) is 6.07 Å². The standard InChI is InChI=1S/C12H20N2O4S/c1-8-5-6-10(19(13,15)16)7-11(8)14-9(2)12(17-3)18-4/h5-7,9,12,14H,1-4H3,(H2,13,15,16). The number of anilines is 1. The highest BCUT2D eigenvalue weighted by molar-refractivity contribution is 7.89. The lowest BCUT2D eigenvalue weighted by Gasteiger charge is -2.24. The van der Waals surface area contributed by atoms with Crippen molar-refractivity contribution in [2.45, 2.75) is 31.1 Å². The second kappa shape index (κ2) is 6.33. The minimum absolute atomic E-state index is 0.0687. The number of nitrogens with two attached hydrogens (primary N) is 1. The third-order valence-electron chi connectivity index (χ3n) is 2.79. The Balaban J connectivity index is 3.01. The summed E-state index contributed by atoms with van der Waals surface area (Å²) in [5.41, 5.74) is 1.59. The van der Waals surface area contributed by atoms with Crippen molar-refractivity contribution in [2.24, 2.45) is 5.14 Å². The fraction of sp³-hybridized carbons (Fsp3) is 0.500. The molecule has 1 unspecified atom stereocenters. The summed E-state index contributed by atoms with van der Waals surface area (Å²) >= 11 is 0. The van der Waals surface area contributed by atoms with Crippen molar-refractivity contribution >= 4 is 15.7 Å². The van der Waals surface area contributed by atoms with E-state index in [-0.39, 0.29) is 10.9 Å². The van der Waals surface area contributed by atoms with Crippen molar-refractivity contribution in [3.05, 3.63) is 23.8 Å². The Hall–Kier alpha value is -1.15. The summed E-state index contributed by atoms with van der Waals surface area (Å²) in [4.78, 5) is 0.0687. The second-order valence-electron chi connectivity index (χ2n) is 4.29. The van der Waals surface area contributed by atoms with E-state index < -0.39 is 16.3 Å². The number of primary sulfonamides is 1. The van der Waals surface area contributed by atoms with Gasteiger partial charge in [0.1, 0.15) is 0 Å². The van der Waals surface area contributed by atoms with Crippen LogP contribution < -0.4 is 10.5 Å². The molecular weight excluding hydrogens is 268 g/mol. The molecule has 19 heavy (non-hydrogen) atoms. The Morgan fingerprint density at radius 2 is 1.84 bits per heavy atom. The summed E-state index contributed by atoms with van der Waals surface area (Å²) < 4.78 is 32.9. The zero-order chi connectivity index (χ0) is 14.6. The van der Waals surface area contributed by atoms with Crippen LogP contribution in [-0.4, -0.2) is 35.0 Å². The highest BCUT2D eigenvalue weighted by atomic mass is 32.2. The molecule has 0 aliphatic rings. The van der Waals surface area contributed by atoms with Crippen molar-refractivity contribution in [1.82, 2.24) is 0 Å². The SMILES string of the molecule is COC(OC)C(C)Nc1cc(S(N)(=O)=O)ccc1C. The molecule has 0 saturated heterocycles. The number of aryl methyl sites for hydroxylation is 1. The molecule has 0 saturated carbocycles. The minimum Gasteiger partial charge on any atom is -0.377 e. The molecule has 0 amide bonds. The van der Waals surface area contributed by atoms with Gasteiger partial charge in [0.25, 0.3) is 0 Å². The van der Waals surface area contributed by atoms with E-state index in [9.17, 15) is 8.42 Å². The highest BCUT2D eigenvalue weighted by Crippen LogP contribution is 2.21. The van der Waals surface area contributed by atoms with Gasteiger partial charge in [0.05, 0.1) is 10.9 Å². The molecule has 1 aromatic carbocycles. The smallest absolute Gasteiger partial charge is 0.238 e. The molecule has 1 atom stereocenters. The lowest BCUT2D eigenvalue weighted by atomic mass is 10.2. The summed E-state index contributed by atoms with van der Waals surface area (Å²) in [7, 11) is -0.628. The zero-order valence-corrected chi connectivity index (χ0v) is 12.3. The van der Waals surface area contributed by atoms with E-state index in [4.69, 9.17) is 14.6 Å². The first-order valence-corrected chi connectivity index (χ1v) is 7.29. The van der Waals surface area contributed by atoms with Gasteiger partial charge in [-0.25, -0.2) is 13.6 Å². The second-order valence-corrected chi connectivity index (χ2v) is 5.86. The summed E-state index contributed by atoms with van der Waals surface area (Å²) in [5.74, 6) is 0. The summed E-state index contributed by atoms with van der Waals surface area (Å²) in [6, 6.07) is 4.53. The van der Waals surface area contributed by atoms with Crippen molar-refractivity contribution in [2.75, 3.05) is 19.5 Å². The monoisotopic (exact) mass is 288 g/mol. The molecular formula is C12H20N2O4S. The van der Waals surface area contributed by atoms with Crippen LogP contribution in [0.1, 0.15) is 12.5 Å². The molecule has 0 heterocycles. The van der Waals surface area contributed by atoms with Gasteiger partial charge in [-0.3, -0.25) is 0 Å². The fourth-order valence-electron chi connectivity index (χ4n) is 1.75. The zero-order valence-electron chi connectivity index (χ0n) is 11.5. The molecule has 0 bridgehead atoms. The molecule has 0 aliphatic carbocycles. The van der Waals surface area contributed by atoms with Gasteiger partial charge in [0.2, 0.25) is 10.0 Å². The molecule has 6 nitrogen and oxygen atoms in total. The van der Waals surface area contributed by atoms with Crippen LogP contribution in [0.2, 0.25) is 0 Å². The van der Waals surface area contributed by atoms with E-state index in [0.717, 1.165) is 5.56 Å². The van der Waals surface area contributed by atoms with Crippen LogP contribution in [0, 0.1) is 6.92 Å². The third-order valence-corrected chi connectivity index (χ3v) is 3.70. The molecule has 3 N–H and O–H groups in total. The van der Waals surface area contributed by atoms with Gasteiger partial charge in [-0.05, 0) is 31.5 Å². The van der Waals surface area contributed by atoms with Crippen LogP contribution in [0.25, 0.3) is 0 Å². The molecule has 1 aromatic rings. The molecule has 1 rings (SSSR count). The molecule has 108 valence electrons. The topological polar surface area (TPSA) is 90.7 Å². The first-order valence-electron chi connectivity index (χ1n) is 5.75. The van der Waals surface area contributed by atoms with Crippen molar-refractivity contribution in [3.8, 4) is 0 Å². The van der Waals surface area contributed by atoms with Gasteiger partial charge < -0.3 is 14.8 Å². The largest absolute Gasteiger partial charge is 0.377 e. The van der Waals surface area contributed by atoms with E-state index in [0.29, 0.717) is 5.69 Å². The van der Waals surface area contributed by atoms with Crippen LogP contribution in [0.5, 0.6) is 0 Å². The average Bonchev–Trinajstić information content (AvgIpc) is 2.32. The van der Waals surface area contributed by atoms with Crippen LogP contribution in [0.15, 0.2) is 23.1 Å². The van der Waals surface area contributed by atoms with Gasteiger partial charge in [-0.2, -0.15) is 0 Å². The molecule has 0 aliphatic heterocycles. The van der Waals surface area contributed by atoms with E-state index in [1.165, 1.54) is 12.1 Å². The number of hydrogen-bond acceptors (Lipinski definition) is 5. The van der Waals surface area contributed by atoms with E-state index in [1.807, 2.05) is 13.8 Å². The van der Waals surface area contributed by atoms with Crippen LogP contribution in [0.3, 0.4) is 0 Å². The lowest BCUT2D eigenvalue weighted by molar-refractivity contribution is -0.109. The number of sulfonamides is 1. The number of ether oxygens (including phenoxy) is 2. The number of nitrogens with one attached hydrogen (secondary N) is 1. The van der Waals surface area contributed by atoms with E-state index >= 15 is 0 Å². The van der Waals surface area contributed by atoms with Gasteiger partial charge in [-0.15, -0.1) is 0 Å². The van der Waals surface area contributed by atoms with Crippen LogP contribution >= 0.6 is 0 Å². The normalized spacial score (nSPS) is 13.6. The number of rotatable bonds is 6. The molecule has 0 aromatic heterocycles. The highest BCUT2D eigenvalue weighted by Gasteiger charge is 2.17. The van der Waals surface area contributed by atoms with Crippen molar-refractivity contribution in [1.29, 1.82) is 0 Å². The van der Waals surface area contributed by atoms with E-state index in [1.54, 1.807) is 20.3 Å². The average molecular weight is 288 g/mol. The Bertz CT molecular complexity index is 527. The van der Waals surface area contributed by atoms with Crippen LogP contribution in [-0.2, 0) is 19.5 Å². The molecule has 0 fully saturated rings. The van der Waals surface area contributed by atoms with Gasteiger partial charge >= 0.3 is 0 Å². The Kier molecular flexibility index (Phi) is 5.30. The molecule has 0 spiro atoms. The maximum Gasteiger partial charge on any atom is 0.238 e. The first-order chi connectivity index (χ1) is 8.79. The first kappa shape index (κ1) is 15.9. The predicted octanol–water partition coefficient (Wildman–Crippen LogP) is 1.06. The lowest BCUT2D eigenvalue weighted by Crippen LogP contribution is -2.34. The molecule has 0 radical (unpaired) electrons. The Labute approximate surface area is 113 Å². The van der Waals surface area contributed by atoms with Gasteiger partial charge in [0.15, 0.2) is 6.29 Å².